The Morgan fingerprint density at radius 1 is 1.03 bits per heavy atom. The molecule has 0 amide bonds. The number of hydrazine groups is 1. The van der Waals surface area contributed by atoms with Gasteiger partial charge >= 0.3 is 0 Å². The number of likely N-dealkylation sites (tertiary alicyclic amines) is 1. The molecule has 4 N–H and O–H groups in total. The summed E-state index contributed by atoms with van der Waals surface area (Å²) in [6.45, 7) is 5.24. The lowest BCUT2D eigenvalue weighted by Crippen LogP contribution is -2.55. The van der Waals surface area contributed by atoms with E-state index in [1.54, 1.807) is 5.01 Å². The van der Waals surface area contributed by atoms with Crippen molar-refractivity contribution in [1.82, 2.24) is 9.47 Å². The number of hydrogen-bond acceptors (Lipinski definition) is 6. The van der Waals surface area contributed by atoms with Crippen LogP contribution < -0.4 is 21.6 Å². The molecule has 172 valence electrons. The Morgan fingerprint density at radius 3 is 2.53 bits per heavy atom. The molecule has 1 spiro atoms. The molecule has 0 aliphatic carbocycles. The minimum Gasteiger partial charge on any atom is -0.371 e. The van der Waals surface area contributed by atoms with Crippen molar-refractivity contribution in [2.24, 2.45) is 22.2 Å². The Morgan fingerprint density at radius 2 is 1.82 bits per heavy atom. The predicted octanol–water partition coefficient (Wildman–Crippen LogP) is 2.53. The number of rotatable bonds is 2. The van der Waals surface area contributed by atoms with Gasteiger partial charge in [-0.1, -0.05) is 12.1 Å². The molecule has 0 unspecified atom stereocenters. The monoisotopic (exact) mass is 452 g/mol. The van der Waals surface area contributed by atoms with Crippen molar-refractivity contribution in [2.75, 3.05) is 43.1 Å². The summed E-state index contributed by atoms with van der Waals surface area (Å²) < 4.78 is 2.15. The molecule has 3 aliphatic rings. The topological polar surface area (TPSA) is 103 Å². The number of anilines is 2. The second-order valence-electron chi connectivity index (χ2n) is 9.91. The molecular formula is C26H28N8. The summed E-state index contributed by atoms with van der Waals surface area (Å²) in [7, 11) is 2.20. The first-order valence-corrected chi connectivity index (χ1v) is 11.6. The van der Waals surface area contributed by atoms with Gasteiger partial charge in [0.05, 0.1) is 23.0 Å². The van der Waals surface area contributed by atoms with Crippen molar-refractivity contribution in [2.45, 2.75) is 13.0 Å². The Kier molecular flexibility index (Phi) is 4.66. The van der Waals surface area contributed by atoms with Gasteiger partial charge in [0.25, 0.3) is 0 Å². The van der Waals surface area contributed by atoms with E-state index in [-0.39, 0.29) is 0 Å². The van der Waals surface area contributed by atoms with Crippen LogP contribution in [0, 0.1) is 16.7 Å². The van der Waals surface area contributed by atoms with E-state index >= 15 is 0 Å². The number of fused-ring (bicyclic) bond motifs is 2. The van der Waals surface area contributed by atoms with Crippen LogP contribution >= 0.6 is 0 Å². The maximum Gasteiger partial charge on any atom is 0.190 e. The van der Waals surface area contributed by atoms with Gasteiger partial charge in [-0.3, -0.25) is 5.01 Å². The second-order valence-corrected chi connectivity index (χ2v) is 9.91. The maximum atomic E-state index is 9.10. The molecule has 2 fully saturated rings. The normalized spacial score (nSPS) is 20.1. The van der Waals surface area contributed by atoms with Crippen molar-refractivity contribution < 1.29 is 0 Å². The zero-order valence-electron chi connectivity index (χ0n) is 19.3. The number of nitriles is 1. The maximum absolute atomic E-state index is 9.10. The van der Waals surface area contributed by atoms with E-state index in [9.17, 15) is 0 Å². The third-order valence-corrected chi connectivity index (χ3v) is 7.50. The molecule has 34 heavy (non-hydrogen) atoms. The highest BCUT2D eigenvalue weighted by Gasteiger charge is 2.46. The van der Waals surface area contributed by atoms with Crippen LogP contribution in [0.3, 0.4) is 0 Å². The van der Waals surface area contributed by atoms with Crippen LogP contribution in [-0.4, -0.2) is 48.5 Å². The molecule has 2 saturated heterocycles. The van der Waals surface area contributed by atoms with Gasteiger partial charge in [0.1, 0.15) is 0 Å². The quantitative estimate of drug-likeness (QED) is 0.458. The van der Waals surface area contributed by atoms with Crippen LogP contribution in [-0.2, 0) is 6.54 Å². The van der Waals surface area contributed by atoms with E-state index in [0.29, 0.717) is 23.4 Å². The third-order valence-electron chi connectivity index (χ3n) is 7.50. The lowest BCUT2D eigenvalue weighted by molar-refractivity contribution is 0.0424. The zero-order chi connectivity index (χ0) is 23.4. The van der Waals surface area contributed by atoms with Gasteiger partial charge in [-0.05, 0) is 61.0 Å². The summed E-state index contributed by atoms with van der Waals surface area (Å²) in [6, 6.07) is 18.3. The van der Waals surface area contributed by atoms with E-state index in [4.69, 9.17) is 16.9 Å². The van der Waals surface area contributed by atoms with E-state index in [1.807, 2.05) is 24.3 Å². The molecule has 2 aromatic carbocycles. The van der Waals surface area contributed by atoms with E-state index < -0.39 is 0 Å². The number of hydrogen-bond donors (Lipinski definition) is 2. The van der Waals surface area contributed by atoms with Crippen molar-refractivity contribution in [3.8, 4) is 17.2 Å². The summed E-state index contributed by atoms with van der Waals surface area (Å²) in [4.78, 5) is 4.91. The SMILES string of the molecule is CN1CC2(CCN(c3ccc4c(c3)Cn3cc(-c5ccc(C#N)cc5)cc3/C(=N/N)N4N)C2)C1. The first kappa shape index (κ1) is 20.8. The highest BCUT2D eigenvalue weighted by Crippen LogP contribution is 2.41. The van der Waals surface area contributed by atoms with Crippen LogP contribution in [0.4, 0.5) is 11.4 Å². The molecule has 6 rings (SSSR count). The van der Waals surface area contributed by atoms with Crippen molar-refractivity contribution in [1.29, 1.82) is 5.26 Å². The number of aromatic nitrogens is 1. The van der Waals surface area contributed by atoms with Crippen LogP contribution in [0.25, 0.3) is 11.1 Å². The summed E-state index contributed by atoms with van der Waals surface area (Å²) in [6.07, 6.45) is 3.35. The van der Waals surface area contributed by atoms with Crippen LogP contribution in [0.15, 0.2) is 59.8 Å². The van der Waals surface area contributed by atoms with Crippen molar-refractivity contribution >= 4 is 17.2 Å². The molecule has 8 nitrogen and oxygen atoms in total. The number of nitrogens with two attached hydrogens (primary N) is 2. The Balaban J connectivity index is 1.35. The lowest BCUT2D eigenvalue weighted by atomic mass is 9.79. The van der Waals surface area contributed by atoms with E-state index in [0.717, 1.165) is 41.2 Å². The molecule has 3 aliphatic heterocycles. The van der Waals surface area contributed by atoms with Crippen LogP contribution in [0.5, 0.6) is 0 Å². The number of amidine groups is 1. The van der Waals surface area contributed by atoms with Gasteiger partial charge in [0, 0.05) is 55.6 Å². The fraction of sp³-hybridized carbons (Fsp3) is 0.308. The molecule has 0 atom stereocenters. The van der Waals surface area contributed by atoms with Gasteiger partial charge in [0.15, 0.2) is 5.84 Å². The fourth-order valence-corrected chi connectivity index (χ4v) is 5.92. The minimum atomic E-state index is 0.449. The van der Waals surface area contributed by atoms with Crippen molar-refractivity contribution in [3.05, 3.63) is 71.5 Å². The first-order valence-electron chi connectivity index (χ1n) is 11.6. The molecule has 0 saturated carbocycles. The average Bonchev–Trinajstić information content (AvgIpc) is 3.42. The van der Waals surface area contributed by atoms with Gasteiger partial charge in [0.2, 0.25) is 0 Å². The largest absolute Gasteiger partial charge is 0.371 e. The van der Waals surface area contributed by atoms with Gasteiger partial charge in [-0.2, -0.15) is 10.4 Å². The first-order chi connectivity index (χ1) is 16.5. The number of nitrogens with zero attached hydrogens (tertiary/aromatic N) is 6. The summed E-state index contributed by atoms with van der Waals surface area (Å²) in [5.74, 6) is 12.9. The lowest BCUT2D eigenvalue weighted by Gasteiger charge is -2.46. The van der Waals surface area contributed by atoms with Crippen LogP contribution in [0.2, 0.25) is 0 Å². The zero-order valence-corrected chi connectivity index (χ0v) is 19.3. The van der Waals surface area contributed by atoms with Gasteiger partial charge < -0.3 is 20.2 Å². The van der Waals surface area contributed by atoms with Crippen LogP contribution in [0.1, 0.15) is 23.2 Å². The van der Waals surface area contributed by atoms with E-state index in [1.165, 1.54) is 25.2 Å². The number of hydrazone groups is 1. The molecule has 3 aromatic rings. The average molecular weight is 453 g/mol. The Labute approximate surface area is 199 Å². The summed E-state index contributed by atoms with van der Waals surface area (Å²) in [5, 5.41) is 14.7. The summed E-state index contributed by atoms with van der Waals surface area (Å²) >= 11 is 0. The van der Waals surface area contributed by atoms with Gasteiger partial charge in [-0.15, -0.1) is 0 Å². The molecule has 0 bridgehead atoms. The Bertz CT molecular complexity index is 1320. The smallest absolute Gasteiger partial charge is 0.190 e. The molecule has 8 heteroatoms. The van der Waals surface area contributed by atoms with E-state index in [2.05, 4.69) is 63.0 Å². The van der Waals surface area contributed by atoms with Gasteiger partial charge in [-0.25, -0.2) is 5.84 Å². The van der Waals surface area contributed by atoms with Crippen molar-refractivity contribution in [3.63, 3.8) is 0 Å². The highest BCUT2D eigenvalue weighted by molar-refractivity contribution is 6.09. The highest BCUT2D eigenvalue weighted by atomic mass is 15.5. The molecule has 1 aromatic heterocycles. The summed E-state index contributed by atoms with van der Waals surface area (Å²) in [5.41, 5.74) is 7.30. The predicted molar refractivity (Wildman–Crippen MR) is 134 cm³/mol. The Hall–Kier alpha value is -3.80. The second kappa shape index (κ2) is 7.62. The fourth-order valence-electron chi connectivity index (χ4n) is 5.92. The minimum absolute atomic E-state index is 0.449. The third kappa shape index (κ3) is 3.24. The number of benzene rings is 2. The standard InChI is InChI=1S/C26H28N8/c1-31-15-26(16-31)8-9-32(17-26)22-6-7-23-21(10-22)14-33-13-20(11-24(33)25(30-28)34(23)29)19-4-2-18(12-27)3-5-19/h2-7,10-11,13H,8-9,14-17,28-29H2,1H3/b30-25-. The molecule has 4 heterocycles. The molecular weight excluding hydrogens is 424 g/mol. The molecule has 0 radical (unpaired) electrons.